The number of hydrogen-bond donors (Lipinski definition) is 0. The van der Waals surface area contributed by atoms with E-state index in [1.54, 1.807) is 30.5 Å². The lowest BCUT2D eigenvalue weighted by molar-refractivity contribution is 0.112. The number of aromatic nitrogens is 2. The number of rotatable bonds is 5. The minimum Gasteiger partial charge on any atom is -0.492 e. The molecule has 4 heteroatoms. The molecular formula is C13H14N2O2. The molecule has 0 atom stereocenters. The number of benzene rings is 1. The highest BCUT2D eigenvalue weighted by molar-refractivity contribution is 5.74. The molecule has 1 aromatic heterocycles. The van der Waals surface area contributed by atoms with E-state index in [0.717, 1.165) is 24.4 Å². The summed E-state index contributed by atoms with van der Waals surface area (Å²) in [7, 11) is 0. The second-order valence-corrected chi connectivity index (χ2v) is 3.70. The van der Waals surface area contributed by atoms with Crippen molar-refractivity contribution < 1.29 is 9.53 Å². The zero-order valence-corrected chi connectivity index (χ0v) is 9.67. The molecule has 17 heavy (non-hydrogen) atoms. The predicted octanol–water partition coefficient (Wildman–Crippen LogP) is 2.08. The molecule has 0 radical (unpaired) electrons. The zero-order chi connectivity index (χ0) is 12.1. The maximum atomic E-state index is 10.5. The van der Waals surface area contributed by atoms with Gasteiger partial charge in [0, 0.05) is 18.0 Å². The summed E-state index contributed by atoms with van der Waals surface area (Å²) in [5.41, 5.74) is 0.655. The van der Waals surface area contributed by atoms with Crippen LogP contribution in [-0.2, 0) is 6.54 Å². The molecule has 0 saturated carbocycles. The fourth-order valence-corrected chi connectivity index (χ4v) is 1.54. The number of nitrogens with zero attached hydrogens (tertiary/aromatic N) is 2. The van der Waals surface area contributed by atoms with Crippen molar-refractivity contribution in [3.8, 4) is 5.75 Å². The summed E-state index contributed by atoms with van der Waals surface area (Å²) in [4.78, 5) is 14.6. The Kier molecular flexibility index (Phi) is 3.55. The Morgan fingerprint density at radius 2 is 2.12 bits per heavy atom. The van der Waals surface area contributed by atoms with Gasteiger partial charge < -0.3 is 9.30 Å². The van der Waals surface area contributed by atoms with Crippen molar-refractivity contribution >= 4 is 6.29 Å². The minimum absolute atomic E-state index is 0.581. The Morgan fingerprint density at radius 3 is 2.71 bits per heavy atom. The number of carbonyl (C=O) groups excluding carboxylic acids is 1. The van der Waals surface area contributed by atoms with E-state index < -0.39 is 0 Å². The largest absolute Gasteiger partial charge is 0.492 e. The lowest BCUT2D eigenvalue weighted by Crippen LogP contribution is -2.08. The summed E-state index contributed by atoms with van der Waals surface area (Å²) < 4.78 is 7.60. The Hall–Kier alpha value is -2.10. The van der Waals surface area contributed by atoms with Crippen LogP contribution in [0, 0.1) is 6.92 Å². The molecular weight excluding hydrogens is 216 g/mol. The molecule has 0 unspecified atom stereocenters. The van der Waals surface area contributed by atoms with Crippen molar-refractivity contribution in [2.75, 3.05) is 6.61 Å². The van der Waals surface area contributed by atoms with Crippen LogP contribution in [0.15, 0.2) is 36.7 Å². The first-order valence-corrected chi connectivity index (χ1v) is 5.45. The average molecular weight is 230 g/mol. The van der Waals surface area contributed by atoms with Crippen LogP contribution in [0.25, 0.3) is 0 Å². The summed E-state index contributed by atoms with van der Waals surface area (Å²) in [6.07, 6.45) is 4.51. The molecule has 0 spiro atoms. The van der Waals surface area contributed by atoms with Crippen LogP contribution in [-0.4, -0.2) is 22.4 Å². The highest BCUT2D eigenvalue weighted by atomic mass is 16.5. The highest BCUT2D eigenvalue weighted by Crippen LogP contribution is 2.11. The van der Waals surface area contributed by atoms with Gasteiger partial charge >= 0.3 is 0 Å². The van der Waals surface area contributed by atoms with Gasteiger partial charge in [0.15, 0.2) is 0 Å². The first-order valence-electron chi connectivity index (χ1n) is 5.45. The van der Waals surface area contributed by atoms with Crippen LogP contribution >= 0.6 is 0 Å². The molecule has 4 nitrogen and oxygen atoms in total. The van der Waals surface area contributed by atoms with E-state index in [2.05, 4.69) is 4.98 Å². The number of ether oxygens (including phenoxy) is 1. The van der Waals surface area contributed by atoms with Crippen molar-refractivity contribution in [2.45, 2.75) is 13.5 Å². The predicted molar refractivity (Wildman–Crippen MR) is 64.3 cm³/mol. The van der Waals surface area contributed by atoms with Crippen LogP contribution in [0.3, 0.4) is 0 Å². The summed E-state index contributed by atoms with van der Waals surface area (Å²) >= 11 is 0. The third-order valence-corrected chi connectivity index (χ3v) is 2.54. The number of imidazole rings is 1. The lowest BCUT2D eigenvalue weighted by atomic mass is 10.2. The smallest absolute Gasteiger partial charge is 0.150 e. The van der Waals surface area contributed by atoms with Gasteiger partial charge in [0.2, 0.25) is 0 Å². The summed E-state index contributed by atoms with van der Waals surface area (Å²) in [5, 5.41) is 0. The Labute approximate surface area is 99.9 Å². The maximum absolute atomic E-state index is 10.5. The van der Waals surface area contributed by atoms with Crippen molar-refractivity contribution in [2.24, 2.45) is 0 Å². The van der Waals surface area contributed by atoms with Crippen LogP contribution < -0.4 is 4.74 Å². The molecule has 1 aromatic carbocycles. The molecule has 0 bridgehead atoms. The van der Waals surface area contributed by atoms with Gasteiger partial charge in [0.05, 0.1) is 6.54 Å². The second kappa shape index (κ2) is 5.30. The van der Waals surface area contributed by atoms with Crippen LogP contribution in [0.1, 0.15) is 16.2 Å². The molecule has 2 aromatic rings. The van der Waals surface area contributed by atoms with E-state index >= 15 is 0 Å². The first kappa shape index (κ1) is 11.4. The van der Waals surface area contributed by atoms with Crippen molar-refractivity contribution in [1.82, 2.24) is 9.55 Å². The average Bonchev–Trinajstić information content (AvgIpc) is 2.76. The zero-order valence-electron chi connectivity index (χ0n) is 9.67. The topological polar surface area (TPSA) is 44.1 Å². The molecule has 0 amide bonds. The first-order chi connectivity index (χ1) is 8.29. The summed E-state index contributed by atoms with van der Waals surface area (Å²) in [6.45, 7) is 3.30. The van der Waals surface area contributed by atoms with Gasteiger partial charge in [0.1, 0.15) is 24.5 Å². The quantitative estimate of drug-likeness (QED) is 0.739. The number of aldehydes is 1. The highest BCUT2D eigenvalue weighted by Gasteiger charge is 1.98. The van der Waals surface area contributed by atoms with Gasteiger partial charge in [0.25, 0.3) is 0 Å². The lowest BCUT2D eigenvalue weighted by Gasteiger charge is -2.07. The van der Waals surface area contributed by atoms with Gasteiger partial charge in [-0.1, -0.05) is 0 Å². The van der Waals surface area contributed by atoms with Gasteiger partial charge in [-0.3, -0.25) is 4.79 Å². The Bertz CT molecular complexity index is 488. The molecule has 1 heterocycles. The van der Waals surface area contributed by atoms with Crippen molar-refractivity contribution in [1.29, 1.82) is 0 Å². The van der Waals surface area contributed by atoms with E-state index in [-0.39, 0.29) is 0 Å². The number of carbonyl (C=O) groups is 1. The Balaban J connectivity index is 1.85. The molecule has 0 aliphatic heterocycles. The third kappa shape index (κ3) is 2.93. The second-order valence-electron chi connectivity index (χ2n) is 3.70. The molecule has 0 aliphatic carbocycles. The van der Waals surface area contributed by atoms with E-state index in [9.17, 15) is 4.79 Å². The maximum Gasteiger partial charge on any atom is 0.150 e. The third-order valence-electron chi connectivity index (χ3n) is 2.54. The normalized spacial score (nSPS) is 10.2. The molecule has 88 valence electrons. The Morgan fingerprint density at radius 1 is 1.35 bits per heavy atom. The van der Waals surface area contributed by atoms with E-state index in [4.69, 9.17) is 4.74 Å². The molecule has 0 N–H and O–H groups in total. The van der Waals surface area contributed by atoms with Gasteiger partial charge in [-0.05, 0) is 31.2 Å². The number of hydrogen-bond acceptors (Lipinski definition) is 3. The van der Waals surface area contributed by atoms with E-state index in [1.165, 1.54) is 0 Å². The standard InChI is InChI=1S/C13H14N2O2/c1-11-14-6-7-15(11)8-9-17-13-4-2-12(10-16)3-5-13/h2-7,10H,8-9H2,1H3. The SMILES string of the molecule is Cc1nccn1CCOc1ccc(C=O)cc1. The summed E-state index contributed by atoms with van der Waals surface area (Å²) in [6, 6.07) is 7.07. The van der Waals surface area contributed by atoms with E-state index in [0.29, 0.717) is 12.2 Å². The minimum atomic E-state index is 0.581. The summed E-state index contributed by atoms with van der Waals surface area (Å²) in [5.74, 6) is 1.75. The molecule has 0 fully saturated rings. The van der Waals surface area contributed by atoms with Gasteiger partial charge in [-0.25, -0.2) is 4.98 Å². The molecule has 2 rings (SSSR count). The molecule has 0 saturated heterocycles. The van der Waals surface area contributed by atoms with Crippen molar-refractivity contribution in [3.63, 3.8) is 0 Å². The van der Waals surface area contributed by atoms with Gasteiger partial charge in [-0.2, -0.15) is 0 Å². The molecule has 0 aliphatic rings. The van der Waals surface area contributed by atoms with E-state index in [1.807, 2.05) is 17.7 Å². The van der Waals surface area contributed by atoms with Crippen LogP contribution in [0.4, 0.5) is 0 Å². The monoisotopic (exact) mass is 230 g/mol. The fraction of sp³-hybridized carbons (Fsp3) is 0.231. The van der Waals surface area contributed by atoms with Crippen molar-refractivity contribution in [3.05, 3.63) is 48.0 Å². The van der Waals surface area contributed by atoms with Crippen LogP contribution in [0.5, 0.6) is 5.75 Å². The fourth-order valence-electron chi connectivity index (χ4n) is 1.54. The van der Waals surface area contributed by atoms with Crippen LogP contribution in [0.2, 0.25) is 0 Å². The van der Waals surface area contributed by atoms with Gasteiger partial charge in [-0.15, -0.1) is 0 Å². The number of aryl methyl sites for hydroxylation is 1.